The molecule has 1 rings (SSSR count). The summed E-state index contributed by atoms with van der Waals surface area (Å²) < 4.78 is 0. The number of nitrogens with one attached hydrogen (secondary N) is 1. The van der Waals surface area contributed by atoms with E-state index in [9.17, 15) is 0 Å². The van der Waals surface area contributed by atoms with Crippen LogP contribution in [-0.4, -0.2) is 55.7 Å². The molecule has 1 saturated heterocycles. The smallest absolute Gasteiger partial charge is 0.0566 e. The molecule has 0 radical (unpaired) electrons. The lowest BCUT2D eigenvalue weighted by Crippen LogP contribution is -2.46. The second-order valence-corrected chi connectivity index (χ2v) is 4.14. The van der Waals surface area contributed by atoms with E-state index in [0.717, 1.165) is 0 Å². The molecule has 2 atom stereocenters. The molecule has 0 bridgehead atoms. The van der Waals surface area contributed by atoms with Crippen LogP contribution in [-0.2, 0) is 0 Å². The van der Waals surface area contributed by atoms with E-state index in [-0.39, 0.29) is 0 Å². The highest BCUT2D eigenvalue weighted by atomic mass is 15.3. The summed E-state index contributed by atoms with van der Waals surface area (Å²) >= 11 is 0. The van der Waals surface area contributed by atoms with Crippen molar-refractivity contribution in [1.82, 2.24) is 15.1 Å². The van der Waals surface area contributed by atoms with Crippen molar-refractivity contribution < 1.29 is 0 Å². The van der Waals surface area contributed by atoms with Crippen molar-refractivity contribution in [1.29, 1.82) is 0 Å². The maximum atomic E-state index is 3.31. The maximum absolute atomic E-state index is 3.31. The minimum Gasteiger partial charge on any atom is -0.305 e. The Balaban J connectivity index is 2.48. The van der Waals surface area contributed by atoms with Crippen LogP contribution in [0.4, 0.5) is 0 Å². The van der Waals surface area contributed by atoms with Crippen LogP contribution in [0.3, 0.4) is 0 Å². The molecule has 3 nitrogen and oxygen atoms in total. The van der Waals surface area contributed by atoms with Crippen LogP contribution in [0.5, 0.6) is 0 Å². The van der Waals surface area contributed by atoms with Crippen LogP contribution in [0, 0.1) is 0 Å². The summed E-state index contributed by atoms with van der Waals surface area (Å²) in [5, 5.41) is 3.31. The molecule has 1 fully saturated rings. The molecule has 1 aliphatic heterocycles. The van der Waals surface area contributed by atoms with Crippen molar-refractivity contribution in [2.24, 2.45) is 0 Å². The zero-order chi connectivity index (χ0) is 9.84. The van der Waals surface area contributed by atoms with Crippen LogP contribution in [0.1, 0.15) is 20.3 Å². The fraction of sp³-hybridized carbons (Fsp3) is 1.00. The van der Waals surface area contributed by atoms with Crippen molar-refractivity contribution in [3.8, 4) is 0 Å². The molecule has 0 aliphatic carbocycles. The van der Waals surface area contributed by atoms with Gasteiger partial charge in [-0.3, -0.25) is 4.90 Å². The number of likely N-dealkylation sites (N-methyl/N-ethyl adjacent to an activating group) is 1. The first kappa shape index (κ1) is 11.0. The first-order valence-electron chi connectivity index (χ1n) is 5.26. The third-order valence-electron chi connectivity index (χ3n) is 3.17. The van der Waals surface area contributed by atoms with Gasteiger partial charge in [0.15, 0.2) is 0 Å². The Labute approximate surface area is 82.1 Å². The van der Waals surface area contributed by atoms with Gasteiger partial charge >= 0.3 is 0 Å². The molecule has 2 unspecified atom stereocenters. The van der Waals surface area contributed by atoms with Crippen molar-refractivity contribution in [2.75, 3.05) is 33.7 Å². The van der Waals surface area contributed by atoms with Gasteiger partial charge in [-0.25, -0.2) is 0 Å². The highest BCUT2D eigenvalue weighted by molar-refractivity contribution is 4.76. The third-order valence-corrected chi connectivity index (χ3v) is 3.17. The van der Waals surface area contributed by atoms with Gasteiger partial charge in [0.2, 0.25) is 0 Å². The van der Waals surface area contributed by atoms with E-state index in [1.54, 1.807) is 0 Å². The Morgan fingerprint density at radius 1 is 1.38 bits per heavy atom. The minimum atomic E-state index is 0.508. The number of nitrogens with zero attached hydrogens (tertiary/aromatic N) is 2. The van der Waals surface area contributed by atoms with Crippen molar-refractivity contribution >= 4 is 0 Å². The van der Waals surface area contributed by atoms with E-state index in [0.29, 0.717) is 12.2 Å². The normalized spacial score (nSPS) is 30.0. The molecule has 1 aliphatic rings. The molecular formula is C10H23N3. The van der Waals surface area contributed by atoms with Crippen LogP contribution in [0.15, 0.2) is 0 Å². The maximum Gasteiger partial charge on any atom is 0.0566 e. The van der Waals surface area contributed by atoms with Gasteiger partial charge in [0.25, 0.3) is 0 Å². The highest BCUT2D eigenvalue weighted by Gasteiger charge is 2.20. The van der Waals surface area contributed by atoms with E-state index in [1.165, 1.54) is 26.1 Å². The molecule has 0 aromatic heterocycles. The van der Waals surface area contributed by atoms with Gasteiger partial charge < -0.3 is 10.2 Å². The second-order valence-electron chi connectivity index (χ2n) is 4.14. The van der Waals surface area contributed by atoms with E-state index < -0.39 is 0 Å². The Bertz CT molecular complexity index is 149. The first-order valence-corrected chi connectivity index (χ1v) is 5.26. The summed E-state index contributed by atoms with van der Waals surface area (Å²) in [6, 6.07) is 0.679. The van der Waals surface area contributed by atoms with Crippen molar-refractivity contribution in [3.05, 3.63) is 0 Å². The fourth-order valence-electron chi connectivity index (χ4n) is 1.85. The Hall–Kier alpha value is -0.120. The Morgan fingerprint density at radius 3 is 2.69 bits per heavy atom. The Morgan fingerprint density at radius 2 is 2.08 bits per heavy atom. The van der Waals surface area contributed by atoms with Crippen molar-refractivity contribution in [2.45, 2.75) is 32.5 Å². The predicted molar refractivity (Wildman–Crippen MR) is 56.8 cm³/mol. The standard InChI is InChI=1S/C10H23N3/c1-9-8-13(10(2)11-3)7-5-6-12(9)4/h9-11H,5-8H2,1-4H3. The summed E-state index contributed by atoms with van der Waals surface area (Å²) in [6.07, 6.45) is 1.79. The molecule has 0 aromatic carbocycles. The topological polar surface area (TPSA) is 18.5 Å². The molecule has 1 heterocycles. The van der Waals surface area contributed by atoms with Gasteiger partial charge in [0.05, 0.1) is 6.17 Å². The fourth-order valence-corrected chi connectivity index (χ4v) is 1.85. The summed E-state index contributed by atoms with van der Waals surface area (Å²) in [5.41, 5.74) is 0. The van der Waals surface area contributed by atoms with E-state index in [2.05, 4.69) is 36.0 Å². The SMILES string of the molecule is CNC(C)N1CCCN(C)C(C)C1. The number of hydrogen-bond donors (Lipinski definition) is 1. The average molecular weight is 185 g/mol. The highest BCUT2D eigenvalue weighted by Crippen LogP contribution is 2.09. The number of hydrogen-bond acceptors (Lipinski definition) is 3. The molecule has 3 heteroatoms. The lowest BCUT2D eigenvalue weighted by atomic mass is 10.3. The summed E-state index contributed by atoms with van der Waals surface area (Å²) in [4.78, 5) is 4.97. The van der Waals surface area contributed by atoms with Crippen molar-refractivity contribution in [3.63, 3.8) is 0 Å². The predicted octanol–water partition coefficient (Wildman–Crippen LogP) is 0.578. The molecule has 0 spiro atoms. The molecular weight excluding hydrogens is 162 g/mol. The average Bonchev–Trinajstić information content (AvgIpc) is 2.28. The molecule has 0 saturated carbocycles. The molecule has 78 valence electrons. The summed E-state index contributed by atoms with van der Waals surface area (Å²) in [6.45, 7) is 8.17. The van der Waals surface area contributed by atoms with Gasteiger partial charge in [-0.05, 0) is 40.9 Å². The van der Waals surface area contributed by atoms with Gasteiger partial charge in [-0.1, -0.05) is 0 Å². The monoisotopic (exact) mass is 185 g/mol. The Kier molecular flexibility index (Phi) is 4.16. The van der Waals surface area contributed by atoms with Crippen LogP contribution in [0.25, 0.3) is 0 Å². The third kappa shape index (κ3) is 2.93. The van der Waals surface area contributed by atoms with E-state index in [1.807, 2.05) is 7.05 Å². The number of rotatable bonds is 2. The molecule has 0 amide bonds. The summed E-state index contributed by atoms with van der Waals surface area (Å²) in [7, 11) is 4.25. The zero-order valence-electron chi connectivity index (χ0n) is 9.38. The quantitative estimate of drug-likeness (QED) is 0.679. The van der Waals surface area contributed by atoms with Crippen LogP contribution < -0.4 is 5.32 Å². The van der Waals surface area contributed by atoms with Gasteiger partial charge in [0.1, 0.15) is 0 Å². The van der Waals surface area contributed by atoms with E-state index in [4.69, 9.17) is 0 Å². The largest absolute Gasteiger partial charge is 0.305 e. The first-order chi connectivity index (χ1) is 6.15. The molecule has 13 heavy (non-hydrogen) atoms. The summed E-state index contributed by atoms with van der Waals surface area (Å²) in [5.74, 6) is 0. The second kappa shape index (κ2) is 4.94. The molecule has 1 N–H and O–H groups in total. The van der Waals surface area contributed by atoms with E-state index >= 15 is 0 Å². The zero-order valence-corrected chi connectivity index (χ0v) is 9.38. The van der Waals surface area contributed by atoms with Gasteiger partial charge in [-0.15, -0.1) is 0 Å². The lowest BCUT2D eigenvalue weighted by molar-refractivity contribution is 0.165. The van der Waals surface area contributed by atoms with Crippen LogP contribution in [0.2, 0.25) is 0 Å². The minimum absolute atomic E-state index is 0.508. The van der Waals surface area contributed by atoms with Gasteiger partial charge in [0, 0.05) is 19.1 Å². The van der Waals surface area contributed by atoms with Crippen LogP contribution >= 0.6 is 0 Å². The molecule has 0 aromatic rings. The van der Waals surface area contributed by atoms with Gasteiger partial charge in [-0.2, -0.15) is 0 Å². The lowest BCUT2D eigenvalue weighted by Gasteiger charge is -2.30.